The zero-order valence-electron chi connectivity index (χ0n) is 8.36. The number of pyridine rings is 1. The van der Waals surface area contributed by atoms with E-state index >= 15 is 0 Å². The number of anilines is 1. The molecule has 0 bridgehead atoms. The fraction of sp³-hybridized carbons (Fsp3) is 0.400. The minimum absolute atomic E-state index is 0.507. The van der Waals surface area contributed by atoms with Crippen molar-refractivity contribution in [3.05, 3.63) is 17.8 Å². The van der Waals surface area contributed by atoms with Crippen molar-refractivity contribution in [3.8, 4) is 5.88 Å². The van der Waals surface area contributed by atoms with E-state index in [4.69, 9.17) is 9.84 Å². The standard InChI is InChI=1S/C10H12N2O3/c1-15-9-4-6-2-3-7(10(13)14)12-8(6)5-11-9/h4-5,7,12H,2-3H2,1H3,(H,13,14). The largest absolute Gasteiger partial charge is 0.481 e. The summed E-state index contributed by atoms with van der Waals surface area (Å²) in [5.41, 5.74) is 1.84. The summed E-state index contributed by atoms with van der Waals surface area (Å²) < 4.78 is 5.00. The molecule has 0 spiro atoms. The summed E-state index contributed by atoms with van der Waals surface area (Å²) >= 11 is 0. The highest BCUT2D eigenvalue weighted by Crippen LogP contribution is 2.26. The van der Waals surface area contributed by atoms with Crippen LogP contribution < -0.4 is 10.1 Å². The van der Waals surface area contributed by atoms with E-state index in [1.54, 1.807) is 13.3 Å². The van der Waals surface area contributed by atoms with Crippen molar-refractivity contribution in [2.75, 3.05) is 12.4 Å². The molecule has 1 unspecified atom stereocenters. The molecule has 0 saturated heterocycles. The Morgan fingerprint density at radius 3 is 3.20 bits per heavy atom. The number of ether oxygens (including phenoxy) is 1. The van der Waals surface area contributed by atoms with Crippen molar-refractivity contribution in [2.45, 2.75) is 18.9 Å². The van der Waals surface area contributed by atoms with Crippen LogP contribution in [0.2, 0.25) is 0 Å². The highest BCUT2D eigenvalue weighted by Gasteiger charge is 2.23. The maximum atomic E-state index is 10.8. The number of hydrogen-bond donors (Lipinski definition) is 2. The molecule has 0 saturated carbocycles. The van der Waals surface area contributed by atoms with Crippen molar-refractivity contribution in [1.82, 2.24) is 4.98 Å². The number of aryl methyl sites for hydroxylation is 1. The third-order valence-electron chi connectivity index (χ3n) is 2.50. The summed E-state index contributed by atoms with van der Waals surface area (Å²) in [6, 6.07) is 1.33. The first kappa shape index (κ1) is 9.76. The zero-order chi connectivity index (χ0) is 10.8. The van der Waals surface area contributed by atoms with Gasteiger partial charge in [0, 0.05) is 6.07 Å². The summed E-state index contributed by atoms with van der Waals surface area (Å²) in [7, 11) is 1.56. The summed E-state index contributed by atoms with van der Waals surface area (Å²) in [5.74, 6) is -0.263. The molecular formula is C10H12N2O3. The first-order valence-corrected chi connectivity index (χ1v) is 4.73. The minimum atomic E-state index is -0.823. The Labute approximate surface area is 87.1 Å². The Bertz CT molecular complexity index is 392. The van der Waals surface area contributed by atoms with Crippen LogP contribution in [0.15, 0.2) is 12.3 Å². The number of carbonyl (C=O) groups is 1. The molecule has 1 aliphatic rings. The van der Waals surface area contributed by atoms with Gasteiger partial charge in [-0.25, -0.2) is 9.78 Å². The molecule has 1 aromatic rings. The van der Waals surface area contributed by atoms with E-state index in [2.05, 4.69) is 10.3 Å². The first-order chi connectivity index (χ1) is 7.20. The van der Waals surface area contributed by atoms with E-state index in [9.17, 15) is 4.79 Å². The SMILES string of the molecule is COc1cc2c(cn1)NC(C(=O)O)CC2. The molecule has 0 aliphatic carbocycles. The fourth-order valence-corrected chi connectivity index (χ4v) is 1.67. The second-order valence-electron chi connectivity index (χ2n) is 3.46. The molecule has 1 atom stereocenters. The number of carboxylic acids is 1. The smallest absolute Gasteiger partial charge is 0.326 e. The highest BCUT2D eigenvalue weighted by atomic mass is 16.5. The molecule has 0 radical (unpaired) electrons. The average Bonchev–Trinajstić information content (AvgIpc) is 2.27. The van der Waals surface area contributed by atoms with Crippen LogP contribution in [0.1, 0.15) is 12.0 Å². The van der Waals surface area contributed by atoms with E-state index in [0.717, 1.165) is 17.7 Å². The highest BCUT2D eigenvalue weighted by molar-refractivity contribution is 5.78. The van der Waals surface area contributed by atoms with Gasteiger partial charge in [0.1, 0.15) is 6.04 Å². The van der Waals surface area contributed by atoms with E-state index < -0.39 is 12.0 Å². The monoisotopic (exact) mass is 208 g/mol. The molecule has 1 aliphatic heterocycles. The molecule has 2 N–H and O–H groups in total. The number of aromatic nitrogens is 1. The van der Waals surface area contributed by atoms with Crippen molar-refractivity contribution < 1.29 is 14.6 Å². The van der Waals surface area contributed by atoms with Gasteiger partial charge in [0.2, 0.25) is 5.88 Å². The molecule has 0 fully saturated rings. The van der Waals surface area contributed by atoms with Crippen LogP contribution >= 0.6 is 0 Å². The lowest BCUT2D eigenvalue weighted by molar-refractivity contribution is -0.138. The molecule has 5 heteroatoms. The normalized spacial score (nSPS) is 18.9. The van der Waals surface area contributed by atoms with Crippen molar-refractivity contribution >= 4 is 11.7 Å². The predicted molar refractivity (Wildman–Crippen MR) is 54.2 cm³/mol. The number of rotatable bonds is 2. The van der Waals surface area contributed by atoms with Gasteiger partial charge in [-0.1, -0.05) is 0 Å². The molecule has 0 amide bonds. The van der Waals surface area contributed by atoms with Gasteiger partial charge in [-0.05, 0) is 18.4 Å². The molecule has 2 heterocycles. The number of carboxylic acid groups (broad SMARTS) is 1. The van der Waals surface area contributed by atoms with Crippen LogP contribution in [0.5, 0.6) is 5.88 Å². The molecule has 15 heavy (non-hydrogen) atoms. The zero-order valence-corrected chi connectivity index (χ0v) is 8.36. The Hall–Kier alpha value is -1.78. The van der Waals surface area contributed by atoms with Gasteiger partial charge < -0.3 is 15.2 Å². The maximum Gasteiger partial charge on any atom is 0.326 e. The number of nitrogens with one attached hydrogen (secondary N) is 1. The molecule has 1 aromatic heterocycles. The second kappa shape index (κ2) is 3.76. The number of methoxy groups -OCH3 is 1. The van der Waals surface area contributed by atoms with E-state index in [0.29, 0.717) is 12.3 Å². The van der Waals surface area contributed by atoms with Crippen molar-refractivity contribution in [1.29, 1.82) is 0 Å². The van der Waals surface area contributed by atoms with Crippen LogP contribution in [0, 0.1) is 0 Å². The van der Waals surface area contributed by atoms with Gasteiger partial charge in [-0.15, -0.1) is 0 Å². The first-order valence-electron chi connectivity index (χ1n) is 4.73. The lowest BCUT2D eigenvalue weighted by atomic mass is 10.00. The predicted octanol–water partition coefficient (Wildman–Crippen LogP) is 0.901. The summed E-state index contributed by atoms with van der Waals surface area (Å²) in [6.07, 6.45) is 2.94. The lowest BCUT2D eigenvalue weighted by Crippen LogP contribution is -2.33. The van der Waals surface area contributed by atoms with Gasteiger partial charge >= 0.3 is 5.97 Å². The van der Waals surface area contributed by atoms with Gasteiger partial charge in [-0.2, -0.15) is 0 Å². The van der Waals surface area contributed by atoms with Gasteiger partial charge in [0.15, 0.2) is 0 Å². The van der Waals surface area contributed by atoms with Crippen LogP contribution in [0.3, 0.4) is 0 Å². The van der Waals surface area contributed by atoms with Crippen molar-refractivity contribution in [2.24, 2.45) is 0 Å². The van der Waals surface area contributed by atoms with E-state index in [-0.39, 0.29) is 0 Å². The Balaban J connectivity index is 2.24. The van der Waals surface area contributed by atoms with Crippen LogP contribution in [0.25, 0.3) is 0 Å². The molecular weight excluding hydrogens is 196 g/mol. The molecule has 80 valence electrons. The van der Waals surface area contributed by atoms with Crippen LogP contribution in [0.4, 0.5) is 5.69 Å². The Kier molecular flexibility index (Phi) is 2.45. The van der Waals surface area contributed by atoms with Gasteiger partial charge in [0.05, 0.1) is 19.0 Å². The number of hydrogen-bond acceptors (Lipinski definition) is 4. The van der Waals surface area contributed by atoms with Gasteiger partial charge in [0.25, 0.3) is 0 Å². The summed E-state index contributed by atoms with van der Waals surface area (Å²) in [5, 5.41) is 11.8. The molecule has 0 aromatic carbocycles. The number of fused-ring (bicyclic) bond motifs is 1. The third kappa shape index (κ3) is 1.86. The Morgan fingerprint density at radius 1 is 1.73 bits per heavy atom. The summed E-state index contributed by atoms with van der Waals surface area (Å²) in [6.45, 7) is 0. The third-order valence-corrected chi connectivity index (χ3v) is 2.50. The second-order valence-corrected chi connectivity index (χ2v) is 3.46. The average molecular weight is 208 g/mol. The maximum absolute atomic E-state index is 10.8. The topological polar surface area (TPSA) is 71.5 Å². The lowest BCUT2D eigenvalue weighted by Gasteiger charge is -2.23. The van der Waals surface area contributed by atoms with Gasteiger partial charge in [-0.3, -0.25) is 0 Å². The molecule has 2 rings (SSSR count). The van der Waals surface area contributed by atoms with Crippen molar-refractivity contribution in [3.63, 3.8) is 0 Å². The quantitative estimate of drug-likeness (QED) is 0.755. The fourth-order valence-electron chi connectivity index (χ4n) is 1.67. The molecule has 5 nitrogen and oxygen atoms in total. The van der Waals surface area contributed by atoms with E-state index in [1.807, 2.05) is 6.07 Å². The summed E-state index contributed by atoms with van der Waals surface area (Å²) in [4.78, 5) is 14.8. The number of nitrogens with zero attached hydrogens (tertiary/aromatic N) is 1. The Morgan fingerprint density at radius 2 is 2.53 bits per heavy atom. The van der Waals surface area contributed by atoms with Crippen LogP contribution in [-0.2, 0) is 11.2 Å². The van der Waals surface area contributed by atoms with Crippen LogP contribution in [-0.4, -0.2) is 29.2 Å². The minimum Gasteiger partial charge on any atom is -0.481 e. The van der Waals surface area contributed by atoms with E-state index in [1.165, 1.54) is 0 Å². The number of aliphatic carboxylic acids is 1.